The molecular weight excluding hydrogens is 451 g/mol. The number of carboxylic acid groups (broad SMARTS) is 1. The van der Waals surface area contributed by atoms with E-state index in [1.807, 2.05) is 0 Å². The third-order valence-corrected chi connectivity index (χ3v) is 5.52. The maximum absolute atomic E-state index is 13.1. The zero-order valence-electron chi connectivity index (χ0n) is 18.0. The van der Waals surface area contributed by atoms with Crippen LogP contribution in [0.25, 0.3) is 16.5 Å². The molecule has 7 nitrogen and oxygen atoms in total. The minimum atomic E-state index is -4.52. The molecule has 0 fully saturated rings. The van der Waals surface area contributed by atoms with Crippen molar-refractivity contribution in [2.24, 2.45) is 0 Å². The Kier molecular flexibility index (Phi) is 5.60. The highest BCUT2D eigenvalue weighted by Gasteiger charge is 2.31. The van der Waals surface area contributed by atoms with Gasteiger partial charge in [0.05, 0.1) is 16.9 Å². The number of hydrogen-bond donors (Lipinski definition) is 0. The number of fused-ring (bicyclic) bond motifs is 1. The smallest absolute Gasteiger partial charge is 0.416 e. The lowest BCUT2D eigenvalue weighted by Gasteiger charge is -2.13. The van der Waals surface area contributed by atoms with E-state index in [1.165, 1.54) is 34.9 Å². The Balaban J connectivity index is 1.76. The Labute approximate surface area is 190 Å². The molecule has 10 heteroatoms. The Hall–Kier alpha value is -4.21. The van der Waals surface area contributed by atoms with E-state index in [2.05, 4.69) is 5.10 Å². The molecule has 2 aromatic carbocycles. The van der Waals surface area contributed by atoms with Crippen LogP contribution in [0, 0.1) is 13.8 Å². The maximum atomic E-state index is 13.1. The summed E-state index contributed by atoms with van der Waals surface area (Å²) in [7, 11) is 0. The second-order valence-electron chi connectivity index (χ2n) is 7.74. The molecule has 0 bridgehead atoms. The summed E-state index contributed by atoms with van der Waals surface area (Å²) in [5.41, 5.74) is -0.675. The fourth-order valence-corrected chi connectivity index (χ4v) is 3.98. The SMILES string of the molecule is Cc1cc(C(=O)Cn2nc(C(=O)[O-])c3ccccc3c2=O)c(C)n1-c1cccc(C(F)(F)F)c1. The second-order valence-corrected chi connectivity index (χ2v) is 7.74. The molecule has 0 atom stereocenters. The molecule has 0 saturated carbocycles. The quantitative estimate of drug-likeness (QED) is 0.420. The van der Waals surface area contributed by atoms with E-state index in [9.17, 15) is 32.7 Å². The summed E-state index contributed by atoms with van der Waals surface area (Å²) in [5, 5.41) is 15.5. The van der Waals surface area contributed by atoms with Crippen molar-refractivity contribution in [3.05, 3.63) is 93.2 Å². The van der Waals surface area contributed by atoms with Crippen molar-refractivity contribution in [3.8, 4) is 5.69 Å². The summed E-state index contributed by atoms with van der Waals surface area (Å²) in [5.74, 6) is -2.15. The number of carbonyl (C=O) groups excluding carboxylic acids is 2. The lowest BCUT2D eigenvalue weighted by Crippen LogP contribution is -2.32. The summed E-state index contributed by atoms with van der Waals surface area (Å²) < 4.78 is 41.7. The van der Waals surface area contributed by atoms with Crippen molar-refractivity contribution in [3.63, 3.8) is 0 Å². The Bertz CT molecular complexity index is 1520. The van der Waals surface area contributed by atoms with Crippen molar-refractivity contribution in [1.29, 1.82) is 0 Å². The van der Waals surface area contributed by atoms with Crippen LogP contribution in [0.3, 0.4) is 0 Å². The highest BCUT2D eigenvalue weighted by molar-refractivity contribution is 6.01. The van der Waals surface area contributed by atoms with Gasteiger partial charge in [0.15, 0.2) is 5.78 Å². The first-order valence-electron chi connectivity index (χ1n) is 10.1. The number of carboxylic acids is 1. The van der Waals surface area contributed by atoms with Crippen LogP contribution in [-0.2, 0) is 12.7 Å². The topological polar surface area (TPSA) is 97.0 Å². The lowest BCUT2D eigenvalue weighted by atomic mass is 10.1. The lowest BCUT2D eigenvalue weighted by molar-refractivity contribution is -0.255. The Morgan fingerprint density at radius 3 is 2.32 bits per heavy atom. The number of hydrogen-bond acceptors (Lipinski definition) is 5. The molecule has 0 aliphatic heterocycles. The van der Waals surface area contributed by atoms with Crippen LogP contribution in [0.2, 0.25) is 0 Å². The van der Waals surface area contributed by atoms with E-state index in [4.69, 9.17) is 0 Å². The molecule has 4 aromatic rings. The van der Waals surface area contributed by atoms with Crippen LogP contribution >= 0.6 is 0 Å². The fraction of sp³-hybridized carbons (Fsp3) is 0.167. The van der Waals surface area contributed by atoms with Crippen LogP contribution in [0.4, 0.5) is 13.2 Å². The number of ketones is 1. The standard InChI is InChI=1S/C24H18F3N3O4/c1-13-10-19(14(2)30(13)16-7-5-6-15(11-16)24(25,26)27)20(31)12-29-22(32)18-9-4-3-8-17(18)21(28-29)23(33)34/h3-11H,12H2,1-2H3,(H,33,34)/p-1. The number of Topliss-reactive ketones (excluding diaryl/α,β-unsaturated/α-hetero) is 1. The van der Waals surface area contributed by atoms with Gasteiger partial charge >= 0.3 is 6.18 Å². The summed E-state index contributed by atoms with van der Waals surface area (Å²) in [6.45, 7) is 2.65. The normalized spacial score (nSPS) is 11.7. The largest absolute Gasteiger partial charge is 0.543 e. The third-order valence-electron chi connectivity index (χ3n) is 5.52. The number of aryl methyl sites for hydroxylation is 1. The van der Waals surface area contributed by atoms with Gasteiger partial charge in [0.1, 0.15) is 12.2 Å². The first-order chi connectivity index (χ1) is 16.0. The van der Waals surface area contributed by atoms with E-state index in [0.29, 0.717) is 11.4 Å². The summed E-state index contributed by atoms with van der Waals surface area (Å²) in [4.78, 5) is 37.4. The predicted octanol–water partition coefficient (Wildman–Crippen LogP) is 3.07. The van der Waals surface area contributed by atoms with Gasteiger partial charge in [0.25, 0.3) is 5.56 Å². The summed E-state index contributed by atoms with van der Waals surface area (Å²) in [6, 6.07) is 12.2. The number of halogens is 3. The van der Waals surface area contributed by atoms with Crippen LogP contribution in [-0.4, -0.2) is 26.1 Å². The van der Waals surface area contributed by atoms with Crippen LogP contribution in [0.15, 0.2) is 59.4 Å². The summed E-state index contributed by atoms with van der Waals surface area (Å²) >= 11 is 0. The fourth-order valence-electron chi connectivity index (χ4n) is 3.98. The minimum Gasteiger partial charge on any atom is -0.543 e. The molecule has 0 unspecified atom stereocenters. The highest BCUT2D eigenvalue weighted by atomic mass is 19.4. The molecule has 0 aliphatic rings. The number of aromatic nitrogens is 3. The molecule has 0 radical (unpaired) electrons. The van der Waals surface area contributed by atoms with Crippen LogP contribution < -0.4 is 10.7 Å². The highest BCUT2D eigenvalue weighted by Crippen LogP contribution is 2.31. The van der Waals surface area contributed by atoms with Gasteiger partial charge in [0.2, 0.25) is 0 Å². The molecule has 174 valence electrons. The van der Waals surface area contributed by atoms with E-state index < -0.39 is 41.3 Å². The van der Waals surface area contributed by atoms with Crippen LogP contribution in [0.1, 0.15) is 37.8 Å². The van der Waals surface area contributed by atoms with Gasteiger partial charge in [0, 0.05) is 28.0 Å². The molecule has 0 amide bonds. The number of carbonyl (C=O) groups is 2. The molecule has 4 rings (SSSR count). The Morgan fingerprint density at radius 1 is 1.00 bits per heavy atom. The molecule has 34 heavy (non-hydrogen) atoms. The van der Waals surface area contributed by atoms with E-state index in [1.54, 1.807) is 26.0 Å². The van der Waals surface area contributed by atoms with Gasteiger partial charge in [-0.25, -0.2) is 4.68 Å². The van der Waals surface area contributed by atoms with Crippen LogP contribution in [0.5, 0.6) is 0 Å². The third kappa shape index (κ3) is 3.98. The molecular formula is C24H17F3N3O4-. The van der Waals surface area contributed by atoms with Gasteiger partial charge < -0.3 is 14.5 Å². The molecule has 0 saturated heterocycles. The molecule has 2 heterocycles. The van der Waals surface area contributed by atoms with Gasteiger partial charge in [-0.1, -0.05) is 24.3 Å². The number of aromatic carboxylic acids is 1. The number of rotatable bonds is 5. The first-order valence-corrected chi connectivity index (χ1v) is 10.1. The zero-order valence-corrected chi connectivity index (χ0v) is 18.0. The van der Waals surface area contributed by atoms with E-state index in [-0.39, 0.29) is 22.0 Å². The average molecular weight is 468 g/mol. The van der Waals surface area contributed by atoms with Crippen molar-refractivity contribution >= 4 is 22.5 Å². The van der Waals surface area contributed by atoms with Crippen molar-refractivity contribution in [2.75, 3.05) is 0 Å². The zero-order chi connectivity index (χ0) is 24.8. The number of nitrogens with zero attached hydrogens (tertiary/aromatic N) is 3. The van der Waals surface area contributed by atoms with Crippen molar-refractivity contribution < 1.29 is 27.9 Å². The molecule has 0 N–H and O–H groups in total. The maximum Gasteiger partial charge on any atom is 0.416 e. The van der Waals surface area contributed by atoms with Gasteiger partial charge in [-0.2, -0.15) is 18.3 Å². The monoisotopic (exact) mass is 468 g/mol. The molecule has 2 aromatic heterocycles. The number of benzene rings is 2. The van der Waals surface area contributed by atoms with E-state index in [0.717, 1.165) is 16.8 Å². The van der Waals surface area contributed by atoms with Gasteiger partial charge in [-0.3, -0.25) is 9.59 Å². The predicted molar refractivity (Wildman–Crippen MR) is 115 cm³/mol. The second kappa shape index (κ2) is 8.29. The molecule has 0 spiro atoms. The van der Waals surface area contributed by atoms with Crippen molar-refractivity contribution in [1.82, 2.24) is 14.3 Å². The van der Waals surface area contributed by atoms with Gasteiger partial charge in [-0.05, 0) is 44.2 Å². The minimum absolute atomic E-state index is 0.0685. The van der Waals surface area contributed by atoms with Crippen molar-refractivity contribution in [2.45, 2.75) is 26.6 Å². The number of alkyl halides is 3. The Morgan fingerprint density at radius 2 is 1.68 bits per heavy atom. The average Bonchev–Trinajstić information content (AvgIpc) is 3.09. The summed E-state index contributed by atoms with van der Waals surface area (Å²) in [6.07, 6.45) is -4.52. The van der Waals surface area contributed by atoms with Gasteiger partial charge in [-0.15, -0.1) is 0 Å². The van der Waals surface area contributed by atoms with E-state index >= 15 is 0 Å². The first kappa shape index (κ1) is 23.0. The molecule has 0 aliphatic carbocycles.